The number of amides is 1. The number of hydrogen-bond donors (Lipinski definition) is 0. The SMILES string of the molecule is Cc1ccc(-n2c(SCC(=O)N3CCCC3)nc3sc4c(c3c2=O)CCCC4)c(C)c1. The Morgan fingerprint density at radius 3 is 2.68 bits per heavy atom. The molecule has 0 unspecified atom stereocenters. The van der Waals surface area contributed by atoms with Crippen LogP contribution in [0.1, 0.15) is 47.3 Å². The Balaban J connectivity index is 1.63. The number of thioether (sulfide) groups is 1. The van der Waals surface area contributed by atoms with Gasteiger partial charge >= 0.3 is 0 Å². The van der Waals surface area contributed by atoms with Crippen LogP contribution in [0.2, 0.25) is 0 Å². The predicted molar refractivity (Wildman–Crippen MR) is 128 cm³/mol. The summed E-state index contributed by atoms with van der Waals surface area (Å²) in [5, 5.41) is 1.41. The number of nitrogens with zero attached hydrogens (tertiary/aromatic N) is 3. The molecule has 7 heteroatoms. The van der Waals surface area contributed by atoms with Gasteiger partial charge in [0, 0.05) is 18.0 Å². The van der Waals surface area contributed by atoms with Crippen LogP contribution in [0.3, 0.4) is 0 Å². The van der Waals surface area contributed by atoms with E-state index in [0.717, 1.165) is 72.2 Å². The molecule has 1 amide bonds. The van der Waals surface area contributed by atoms with Gasteiger partial charge in [0.25, 0.3) is 5.56 Å². The molecule has 0 bridgehead atoms. The highest BCUT2D eigenvalue weighted by atomic mass is 32.2. The minimum atomic E-state index is 0.00692. The van der Waals surface area contributed by atoms with Crippen LogP contribution in [-0.2, 0) is 17.6 Å². The third kappa shape index (κ3) is 3.82. The second-order valence-corrected chi connectivity index (χ2v) is 10.6. The molecule has 5 rings (SSSR count). The fraction of sp³-hybridized carbons (Fsp3) is 0.458. The van der Waals surface area contributed by atoms with Gasteiger partial charge in [-0.25, -0.2) is 4.98 Å². The van der Waals surface area contributed by atoms with E-state index in [9.17, 15) is 9.59 Å². The summed E-state index contributed by atoms with van der Waals surface area (Å²) in [7, 11) is 0. The standard InChI is InChI=1S/C24H27N3O2S2/c1-15-9-10-18(16(2)13-15)27-23(29)21-17-7-3-4-8-19(17)31-22(21)25-24(27)30-14-20(28)26-11-5-6-12-26/h9-10,13H,3-8,11-12,14H2,1-2H3. The summed E-state index contributed by atoms with van der Waals surface area (Å²) in [4.78, 5) is 35.5. The van der Waals surface area contributed by atoms with Gasteiger partial charge in [0.2, 0.25) is 5.91 Å². The van der Waals surface area contributed by atoms with Crippen molar-refractivity contribution in [1.82, 2.24) is 14.5 Å². The molecule has 5 nitrogen and oxygen atoms in total. The smallest absolute Gasteiger partial charge is 0.267 e. The van der Waals surface area contributed by atoms with Gasteiger partial charge in [0.1, 0.15) is 4.83 Å². The van der Waals surface area contributed by atoms with Gasteiger partial charge < -0.3 is 4.90 Å². The monoisotopic (exact) mass is 453 g/mol. The zero-order valence-corrected chi connectivity index (χ0v) is 19.7. The number of fused-ring (bicyclic) bond motifs is 3. The molecule has 2 aliphatic rings. The molecule has 0 spiro atoms. The zero-order valence-electron chi connectivity index (χ0n) is 18.1. The molecule has 31 heavy (non-hydrogen) atoms. The molecule has 162 valence electrons. The van der Waals surface area contributed by atoms with Crippen molar-refractivity contribution in [2.75, 3.05) is 18.8 Å². The van der Waals surface area contributed by atoms with Crippen LogP contribution in [0.4, 0.5) is 0 Å². The van der Waals surface area contributed by atoms with E-state index >= 15 is 0 Å². The van der Waals surface area contributed by atoms with Gasteiger partial charge in [0.05, 0.1) is 16.8 Å². The molecule has 1 aromatic carbocycles. The summed E-state index contributed by atoms with van der Waals surface area (Å²) < 4.78 is 1.75. The van der Waals surface area contributed by atoms with Crippen molar-refractivity contribution in [3.8, 4) is 5.69 Å². The van der Waals surface area contributed by atoms with E-state index in [1.165, 1.54) is 28.6 Å². The molecule has 0 radical (unpaired) electrons. The van der Waals surface area contributed by atoms with E-state index in [-0.39, 0.29) is 11.5 Å². The maximum atomic E-state index is 13.8. The molecular weight excluding hydrogens is 426 g/mol. The highest BCUT2D eigenvalue weighted by molar-refractivity contribution is 7.99. The zero-order chi connectivity index (χ0) is 21.5. The molecular formula is C24H27N3O2S2. The van der Waals surface area contributed by atoms with Gasteiger partial charge in [-0.05, 0) is 69.6 Å². The van der Waals surface area contributed by atoms with E-state index in [0.29, 0.717) is 10.9 Å². The summed E-state index contributed by atoms with van der Waals surface area (Å²) in [6.45, 7) is 5.77. The van der Waals surface area contributed by atoms with E-state index < -0.39 is 0 Å². The summed E-state index contributed by atoms with van der Waals surface area (Å²) in [5.74, 6) is 0.447. The lowest BCUT2D eigenvalue weighted by Gasteiger charge is -2.17. The first-order valence-electron chi connectivity index (χ1n) is 11.1. The number of thiophene rings is 1. The van der Waals surface area contributed by atoms with Crippen LogP contribution >= 0.6 is 23.1 Å². The highest BCUT2D eigenvalue weighted by Crippen LogP contribution is 2.35. The molecule has 0 saturated carbocycles. The van der Waals surface area contributed by atoms with E-state index in [2.05, 4.69) is 13.0 Å². The van der Waals surface area contributed by atoms with Crippen molar-refractivity contribution in [1.29, 1.82) is 0 Å². The first-order valence-corrected chi connectivity index (χ1v) is 12.9. The topological polar surface area (TPSA) is 55.2 Å². The molecule has 1 fully saturated rings. The van der Waals surface area contributed by atoms with Crippen LogP contribution in [-0.4, -0.2) is 39.2 Å². The summed E-state index contributed by atoms with van der Waals surface area (Å²) in [5.41, 5.74) is 4.27. The number of likely N-dealkylation sites (tertiary alicyclic amines) is 1. The maximum absolute atomic E-state index is 13.8. The average Bonchev–Trinajstić information content (AvgIpc) is 3.41. The fourth-order valence-electron chi connectivity index (χ4n) is 4.74. The summed E-state index contributed by atoms with van der Waals surface area (Å²) in [6.07, 6.45) is 6.46. The first kappa shape index (κ1) is 20.8. The van der Waals surface area contributed by atoms with Gasteiger partial charge in [0.15, 0.2) is 5.16 Å². The number of benzene rings is 1. The lowest BCUT2D eigenvalue weighted by molar-refractivity contribution is -0.127. The number of carbonyl (C=O) groups is 1. The number of carbonyl (C=O) groups excluding carboxylic acids is 1. The minimum Gasteiger partial charge on any atom is -0.342 e. The second-order valence-electron chi connectivity index (χ2n) is 8.59. The Morgan fingerprint density at radius 2 is 1.90 bits per heavy atom. The van der Waals surface area contributed by atoms with E-state index in [4.69, 9.17) is 4.98 Å². The van der Waals surface area contributed by atoms with E-state index in [1.54, 1.807) is 15.9 Å². The van der Waals surface area contributed by atoms with Crippen LogP contribution in [0.15, 0.2) is 28.2 Å². The molecule has 1 aliphatic heterocycles. The summed E-state index contributed by atoms with van der Waals surface area (Å²) in [6, 6.07) is 6.13. The van der Waals surface area contributed by atoms with Crippen LogP contribution in [0, 0.1) is 13.8 Å². The van der Waals surface area contributed by atoms with Crippen LogP contribution in [0.25, 0.3) is 15.9 Å². The third-order valence-corrected chi connectivity index (χ3v) is 8.44. The molecule has 2 aromatic heterocycles. The van der Waals surface area contributed by atoms with Gasteiger partial charge in [-0.3, -0.25) is 14.2 Å². The Kier molecular flexibility index (Phi) is 5.65. The number of aromatic nitrogens is 2. The highest BCUT2D eigenvalue weighted by Gasteiger charge is 2.25. The van der Waals surface area contributed by atoms with Crippen molar-refractivity contribution >= 4 is 39.2 Å². The van der Waals surface area contributed by atoms with Crippen LogP contribution in [0.5, 0.6) is 0 Å². The van der Waals surface area contributed by atoms with Gasteiger partial charge in [-0.1, -0.05) is 29.5 Å². The predicted octanol–water partition coefficient (Wildman–Crippen LogP) is 4.66. The molecule has 3 aromatic rings. The summed E-state index contributed by atoms with van der Waals surface area (Å²) >= 11 is 3.06. The van der Waals surface area contributed by atoms with Crippen molar-refractivity contribution in [3.63, 3.8) is 0 Å². The molecule has 1 saturated heterocycles. The number of aryl methyl sites for hydroxylation is 4. The third-order valence-electron chi connectivity index (χ3n) is 6.33. The van der Waals surface area contributed by atoms with Crippen molar-refractivity contribution in [2.24, 2.45) is 0 Å². The average molecular weight is 454 g/mol. The molecule has 0 N–H and O–H groups in total. The lowest BCUT2D eigenvalue weighted by Crippen LogP contribution is -2.30. The maximum Gasteiger partial charge on any atom is 0.267 e. The Hall–Kier alpha value is -2.12. The lowest BCUT2D eigenvalue weighted by atomic mass is 9.97. The first-order chi connectivity index (χ1) is 15.0. The Labute approximate surface area is 190 Å². The number of rotatable bonds is 4. The molecule has 0 atom stereocenters. The van der Waals surface area contributed by atoms with Crippen molar-refractivity contribution < 1.29 is 4.79 Å². The Bertz CT molecular complexity index is 1220. The van der Waals surface area contributed by atoms with Crippen molar-refractivity contribution in [3.05, 3.63) is 50.1 Å². The fourth-order valence-corrected chi connectivity index (χ4v) is 6.95. The Morgan fingerprint density at radius 1 is 1.13 bits per heavy atom. The number of hydrogen-bond acceptors (Lipinski definition) is 5. The second kappa shape index (κ2) is 8.43. The van der Waals surface area contributed by atoms with Gasteiger partial charge in [-0.2, -0.15) is 0 Å². The quantitative estimate of drug-likeness (QED) is 0.426. The molecule has 1 aliphatic carbocycles. The normalized spacial score (nSPS) is 16.1. The molecule has 3 heterocycles. The van der Waals surface area contributed by atoms with Crippen LogP contribution < -0.4 is 5.56 Å². The minimum absolute atomic E-state index is 0.00692. The van der Waals surface area contributed by atoms with E-state index in [1.807, 2.05) is 24.0 Å². The van der Waals surface area contributed by atoms with Crippen molar-refractivity contribution in [2.45, 2.75) is 57.5 Å². The van der Waals surface area contributed by atoms with Gasteiger partial charge in [-0.15, -0.1) is 11.3 Å². The largest absolute Gasteiger partial charge is 0.342 e.